The van der Waals surface area contributed by atoms with Crippen molar-refractivity contribution in [2.45, 2.75) is 31.7 Å². The second-order valence-electron chi connectivity index (χ2n) is 4.02. The Kier molecular flexibility index (Phi) is 5.68. The van der Waals surface area contributed by atoms with Crippen LogP contribution in [0.2, 0.25) is 0 Å². The maximum atomic E-state index is 11.6. The SMILES string of the molecule is COC(=O)NS(=O)(=O)NC1CCCCC1CBr. The van der Waals surface area contributed by atoms with Crippen molar-refractivity contribution in [1.29, 1.82) is 0 Å². The molecule has 1 aliphatic rings. The third-order valence-electron chi connectivity index (χ3n) is 2.82. The van der Waals surface area contributed by atoms with Gasteiger partial charge in [0.25, 0.3) is 0 Å². The van der Waals surface area contributed by atoms with Crippen molar-refractivity contribution in [3.8, 4) is 0 Å². The van der Waals surface area contributed by atoms with Gasteiger partial charge in [-0.1, -0.05) is 28.8 Å². The Morgan fingerprint density at radius 3 is 2.65 bits per heavy atom. The monoisotopic (exact) mass is 328 g/mol. The van der Waals surface area contributed by atoms with Crippen LogP contribution < -0.4 is 9.44 Å². The van der Waals surface area contributed by atoms with Gasteiger partial charge in [0, 0.05) is 11.4 Å². The zero-order chi connectivity index (χ0) is 12.9. The van der Waals surface area contributed by atoms with E-state index in [1.807, 2.05) is 0 Å². The predicted molar refractivity (Wildman–Crippen MR) is 67.1 cm³/mol. The van der Waals surface area contributed by atoms with Crippen molar-refractivity contribution in [3.05, 3.63) is 0 Å². The molecule has 1 rings (SSSR count). The number of rotatable bonds is 4. The Morgan fingerprint density at radius 1 is 1.41 bits per heavy atom. The van der Waals surface area contributed by atoms with E-state index in [0.717, 1.165) is 38.1 Å². The Labute approximate surface area is 110 Å². The lowest BCUT2D eigenvalue weighted by Crippen LogP contribution is -2.49. The molecule has 1 aliphatic carbocycles. The molecule has 0 spiro atoms. The first kappa shape index (κ1) is 14.7. The molecule has 0 aromatic rings. The molecule has 1 fully saturated rings. The normalized spacial score (nSPS) is 25.3. The zero-order valence-electron chi connectivity index (χ0n) is 9.61. The minimum Gasteiger partial charge on any atom is -0.452 e. The molecule has 2 atom stereocenters. The van der Waals surface area contributed by atoms with E-state index in [1.54, 1.807) is 4.72 Å². The second-order valence-corrected chi connectivity index (χ2v) is 6.11. The molecule has 0 aromatic heterocycles. The quantitative estimate of drug-likeness (QED) is 0.757. The molecule has 0 heterocycles. The third kappa shape index (κ3) is 4.81. The average molecular weight is 329 g/mol. The van der Waals surface area contributed by atoms with Crippen molar-refractivity contribution < 1.29 is 17.9 Å². The number of ether oxygens (including phenoxy) is 1. The molecule has 17 heavy (non-hydrogen) atoms. The number of methoxy groups -OCH3 is 1. The number of alkyl halides is 1. The summed E-state index contributed by atoms with van der Waals surface area (Å²) in [7, 11) is -2.71. The van der Waals surface area contributed by atoms with Gasteiger partial charge in [-0.3, -0.25) is 0 Å². The van der Waals surface area contributed by atoms with E-state index in [-0.39, 0.29) is 12.0 Å². The first-order valence-electron chi connectivity index (χ1n) is 5.42. The molecule has 0 saturated heterocycles. The molecule has 1 amide bonds. The number of carbonyl (C=O) groups is 1. The number of halogens is 1. The van der Waals surface area contributed by atoms with Gasteiger partial charge in [0.1, 0.15) is 0 Å². The van der Waals surface area contributed by atoms with E-state index in [1.165, 1.54) is 0 Å². The fourth-order valence-corrected chi connectivity index (χ4v) is 3.77. The molecular formula is C9H17BrN2O4S. The maximum absolute atomic E-state index is 11.6. The van der Waals surface area contributed by atoms with Crippen molar-refractivity contribution in [2.24, 2.45) is 5.92 Å². The molecular weight excluding hydrogens is 312 g/mol. The van der Waals surface area contributed by atoms with Gasteiger partial charge in [0.15, 0.2) is 0 Å². The maximum Gasteiger partial charge on any atom is 0.421 e. The molecule has 0 radical (unpaired) electrons. The van der Waals surface area contributed by atoms with E-state index in [4.69, 9.17) is 0 Å². The predicted octanol–water partition coefficient (Wildman–Crippen LogP) is 1.13. The highest BCUT2D eigenvalue weighted by Crippen LogP contribution is 2.26. The van der Waals surface area contributed by atoms with Crippen LogP contribution in [0.4, 0.5) is 4.79 Å². The Hall–Kier alpha value is -0.340. The van der Waals surface area contributed by atoms with E-state index in [9.17, 15) is 13.2 Å². The molecule has 2 N–H and O–H groups in total. The standard InChI is InChI=1S/C9H17BrN2O4S/c1-16-9(13)12-17(14,15)11-8-5-3-2-4-7(8)6-10/h7-8,11H,2-6H2,1H3,(H,12,13). The number of hydrogen-bond acceptors (Lipinski definition) is 4. The van der Waals surface area contributed by atoms with Gasteiger partial charge in [0.2, 0.25) is 0 Å². The highest BCUT2D eigenvalue weighted by Gasteiger charge is 2.28. The fraction of sp³-hybridized carbons (Fsp3) is 0.889. The Bertz CT molecular complexity index is 360. The van der Waals surface area contributed by atoms with Gasteiger partial charge in [-0.25, -0.2) is 9.52 Å². The van der Waals surface area contributed by atoms with Gasteiger partial charge < -0.3 is 4.74 Å². The van der Waals surface area contributed by atoms with Crippen LogP contribution >= 0.6 is 15.9 Å². The van der Waals surface area contributed by atoms with Crippen molar-refractivity contribution in [3.63, 3.8) is 0 Å². The number of nitrogens with one attached hydrogen (secondary N) is 2. The lowest BCUT2D eigenvalue weighted by molar-refractivity contribution is 0.177. The van der Waals surface area contributed by atoms with Crippen LogP contribution in [0.5, 0.6) is 0 Å². The topological polar surface area (TPSA) is 84.5 Å². The third-order valence-corrected chi connectivity index (χ3v) is 4.70. The van der Waals surface area contributed by atoms with Crippen LogP contribution in [0.25, 0.3) is 0 Å². The average Bonchev–Trinajstić information content (AvgIpc) is 2.28. The van der Waals surface area contributed by atoms with Crippen LogP contribution in [0.3, 0.4) is 0 Å². The summed E-state index contributed by atoms with van der Waals surface area (Å²) in [6.45, 7) is 0. The molecule has 0 aliphatic heterocycles. The van der Waals surface area contributed by atoms with Gasteiger partial charge >= 0.3 is 16.3 Å². The molecule has 8 heteroatoms. The van der Waals surface area contributed by atoms with Crippen LogP contribution in [0.1, 0.15) is 25.7 Å². The summed E-state index contributed by atoms with van der Waals surface area (Å²) in [5, 5.41) is 0.748. The van der Waals surface area contributed by atoms with Crippen LogP contribution in [-0.2, 0) is 14.9 Å². The lowest BCUT2D eigenvalue weighted by Gasteiger charge is -2.30. The van der Waals surface area contributed by atoms with Crippen LogP contribution in [0.15, 0.2) is 0 Å². The fourth-order valence-electron chi connectivity index (χ4n) is 1.93. The largest absolute Gasteiger partial charge is 0.452 e. The minimum atomic E-state index is -3.83. The van der Waals surface area contributed by atoms with Gasteiger partial charge in [0.05, 0.1) is 7.11 Å². The molecule has 0 aromatic carbocycles. The van der Waals surface area contributed by atoms with E-state index in [0.29, 0.717) is 0 Å². The molecule has 2 unspecified atom stereocenters. The van der Waals surface area contributed by atoms with Crippen LogP contribution in [-0.4, -0.2) is 33.0 Å². The smallest absolute Gasteiger partial charge is 0.421 e. The summed E-state index contributed by atoms with van der Waals surface area (Å²) in [4.78, 5) is 10.9. The first-order valence-corrected chi connectivity index (χ1v) is 8.03. The Balaban J connectivity index is 2.59. The second kappa shape index (κ2) is 6.55. The molecule has 100 valence electrons. The molecule has 1 saturated carbocycles. The summed E-state index contributed by atoms with van der Waals surface area (Å²) in [6.07, 6.45) is 2.90. The lowest BCUT2D eigenvalue weighted by atomic mass is 9.87. The number of carbonyl (C=O) groups excluding carboxylic acids is 1. The summed E-state index contributed by atoms with van der Waals surface area (Å²) in [5.74, 6) is 0.262. The zero-order valence-corrected chi connectivity index (χ0v) is 12.0. The number of hydrogen-bond donors (Lipinski definition) is 2. The van der Waals surface area contributed by atoms with Crippen LogP contribution in [0, 0.1) is 5.92 Å². The van der Waals surface area contributed by atoms with Crippen molar-refractivity contribution >= 4 is 32.2 Å². The van der Waals surface area contributed by atoms with E-state index >= 15 is 0 Å². The molecule has 0 bridgehead atoms. The molecule has 6 nitrogen and oxygen atoms in total. The summed E-state index contributed by atoms with van der Waals surface area (Å²) in [6, 6.07) is -0.134. The summed E-state index contributed by atoms with van der Waals surface area (Å²) < 4.78 is 31.7. The first-order chi connectivity index (χ1) is 7.98. The van der Waals surface area contributed by atoms with Crippen molar-refractivity contribution in [2.75, 3.05) is 12.4 Å². The van der Waals surface area contributed by atoms with Gasteiger partial charge in [-0.15, -0.1) is 0 Å². The highest BCUT2D eigenvalue weighted by atomic mass is 79.9. The highest BCUT2D eigenvalue weighted by molar-refractivity contribution is 9.09. The Morgan fingerprint density at radius 2 is 2.06 bits per heavy atom. The summed E-state index contributed by atoms with van der Waals surface area (Å²) in [5.41, 5.74) is 0. The van der Waals surface area contributed by atoms with Crippen molar-refractivity contribution in [1.82, 2.24) is 9.44 Å². The van der Waals surface area contributed by atoms with Gasteiger partial charge in [-0.05, 0) is 18.8 Å². The number of amides is 1. The minimum absolute atomic E-state index is 0.134. The van der Waals surface area contributed by atoms with E-state index in [2.05, 4.69) is 25.4 Å². The van der Waals surface area contributed by atoms with E-state index < -0.39 is 16.3 Å². The van der Waals surface area contributed by atoms with Gasteiger partial charge in [-0.2, -0.15) is 13.1 Å². The summed E-state index contributed by atoms with van der Waals surface area (Å²) >= 11 is 3.38.